The molecule has 1 aromatic carbocycles. The molecule has 0 amide bonds. The van der Waals surface area contributed by atoms with Gasteiger partial charge < -0.3 is 4.42 Å². The second kappa shape index (κ2) is 4.31. The van der Waals surface area contributed by atoms with Gasteiger partial charge in [-0.05, 0) is 29.3 Å². The number of ketones is 1. The molecule has 0 N–H and O–H groups in total. The minimum absolute atomic E-state index is 0.0923. The lowest BCUT2D eigenvalue weighted by Gasteiger charge is -1.97. The molecule has 0 atom stereocenters. The molecule has 0 spiro atoms. The monoisotopic (exact) mass is 218 g/mol. The van der Waals surface area contributed by atoms with Gasteiger partial charge in [0.2, 0.25) is 0 Å². The molecule has 0 aliphatic carbocycles. The molecule has 1 aromatic heterocycles. The average Bonchev–Trinajstić information content (AvgIpc) is 2.70. The van der Waals surface area contributed by atoms with Gasteiger partial charge in [-0.15, -0.1) is 0 Å². The summed E-state index contributed by atoms with van der Waals surface area (Å²) in [6.45, 7) is 1.46. The second-order valence-electron chi connectivity index (χ2n) is 3.68. The Hall–Kier alpha value is -1.90. The lowest BCUT2D eigenvalue weighted by Crippen LogP contribution is -1.88. The lowest BCUT2D eigenvalue weighted by atomic mass is 10.1. The molecule has 1 heterocycles. The first-order chi connectivity index (χ1) is 7.65. The van der Waals surface area contributed by atoms with E-state index in [-0.39, 0.29) is 11.6 Å². The van der Waals surface area contributed by atoms with E-state index in [0.29, 0.717) is 12.2 Å². The molecule has 2 rings (SSSR count). The van der Waals surface area contributed by atoms with Crippen molar-refractivity contribution in [3.8, 4) is 0 Å². The number of carbonyl (C=O) groups excluding carboxylic acids is 1. The van der Waals surface area contributed by atoms with Gasteiger partial charge in [0.25, 0.3) is 0 Å². The van der Waals surface area contributed by atoms with Gasteiger partial charge in [-0.2, -0.15) is 0 Å². The Balaban J connectivity index is 2.14. The maximum absolute atomic E-state index is 12.7. The summed E-state index contributed by atoms with van der Waals surface area (Å²) in [7, 11) is 0. The van der Waals surface area contributed by atoms with Crippen LogP contribution in [0.3, 0.4) is 0 Å². The molecule has 0 aliphatic heterocycles. The Kier molecular flexibility index (Phi) is 2.86. The highest BCUT2D eigenvalue weighted by Gasteiger charge is 2.06. The van der Waals surface area contributed by atoms with Crippen LogP contribution in [-0.2, 0) is 6.42 Å². The number of halogens is 1. The van der Waals surface area contributed by atoms with E-state index in [1.54, 1.807) is 24.5 Å². The number of Topliss-reactive ketones (excluding diaryl/α,β-unsaturated/α-hetero) is 1. The summed E-state index contributed by atoms with van der Waals surface area (Å²) in [6.07, 6.45) is 2.19. The van der Waals surface area contributed by atoms with Crippen LogP contribution >= 0.6 is 0 Å². The van der Waals surface area contributed by atoms with Gasteiger partial charge in [-0.3, -0.25) is 4.79 Å². The van der Waals surface area contributed by atoms with E-state index >= 15 is 0 Å². The van der Waals surface area contributed by atoms with Crippen LogP contribution < -0.4 is 0 Å². The van der Waals surface area contributed by atoms with Crippen molar-refractivity contribution in [1.29, 1.82) is 0 Å². The van der Waals surface area contributed by atoms with Crippen molar-refractivity contribution in [3.63, 3.8) is 0 Å². The van der Waals surface area contributed by atoms with Crippen molar-refractivity contribution < 1.29 is 13.6 Å². The summed E-state index contributed by atoms with van der Waals surface area (Å²) in [6, 6.07) is 7.99. The Morgan fingerprint density at radius 3 is 2.50 bits per heavy atom. The Labute approximate surface area is 92.7 Å². The van der Waals surface area contributed by atoms with E-state index < -0.39 is 0 Å². The number of rotatable bonds is 3. The fourth-order valence-electron chi connectivity index (χ4n) is 1.49. The summed E-state index contributed by atoms with van der Waals surface area (Å²) in [5.41, 5.74) is 1.90. The predicted molar refractivity (Wildman–Crippen MR) is 57.9 cm³/mol. The van der Waals surface area contributed by atoms with E-state index in [9.17, 15) is 9.18 Å². The number of hydrogen-bond acceptors (Lipinski definition) is 2. The first-order valence-corrected chi connectivity index (χ1v) is 4.98. The molecular weight excluding hydrogens is 207 g/mol. The number of hydrogen-bond donors (Lipinski definition) is 0. The topological polar surface area (TPSA) is 30.2 Å². The maximum atomic E-state index is 12.7. The molecular formula is C13H11FO2. The molecule has 16 heavy (non-hydrogen) atoms. The van der Waals surface area contributed by atoms with Crippen LogP contribution in [0.5, 0.6) is 0 Å². The Morgan fingerprint density at radius 2 is 1.94 bits per heavy atom. The third-order valence-corrected chi connectivity index (χ3v) is 2.32. The van der Waals surface area contributed by atoms with Crippen LogP contribution in [0.1, 0.15) is 28.6 Å². The zero-order chi connectivity index (χ0) is 11.5. The van der Waals surface area contributed by atoms with Gasteiger partial charge in [0, 0.05) is 13.3 Å². The molecule has 0 saturated heterocycles. The quantitative estimate of drug-likeness (QED) is 0.740. The van der Waals surface area contributed by atoms with Crippen molar-refractivity contribution in [2.45, 2.75) is 13.3 Å². The SMILES string of the molecule is CC(=O)c1cc(Cc2ccc(F)cc2)co1. The van der Waals surface area contributed by atoms with Crippen molar-refractivity contribution in [3.05, 3.63) is 59.3 Å². The molecule has 82 valence electrons. The molecule has 0 radical (unpaired) electrons. The smallest absolute Gasteiger partial charge is 0.194 e. The lowest BCUT2D eigenvalue weighted by molar-refractivity contribution is 0.0987. The van der Waals surface area contributed by atoms with Gasteiger partial charge in [0.15, 0.2) is 11.5 Å². The highest BCUT2D eigenvalue weighted by Crippen LogP contribution is 2.14. The van der Waals surface area contributed by atoms with Gasteiger partial charge in [-0.1, -0.05) is 12.1 Å². The fourth-order valence-corrected chi connectivity index (χ4v) is 1.49. The van der Waals surface area contributed by atoms with Crippen molar-refractivity contribution in [2.24, 2.45) is 0 Å². The second-order valence-corrected chi connectivity index (χ2v) is 3.68. The minimum Gasteiger partial charge on any atom is -0.461 e. The molecule has 2 aromatic rings. The van der Waals surface area contributed by atoms with E-state index in [2.05, 4.69) is 0 Å². The van der Waals surface area contributed by atoms with Crippen LogP contribution in [0.15, 0.2) is 41.0 Å². The van der Waals surface area contributed by atoms with Crippen LogP contribution in [0, 0.1) is 5.82 Å². The van der Waals surface area contributed by atoms with Crippen LogP contribution in [0.4, 0.5) is 4.39 Å². The summed E-state index contributed by atoms with van der Waals surface area (Å²) >= 11 is 0. The average molecular weight is 218 g/mol. The summed E-state index contributed by atoms with van der Waals surface area (Å²) in [5.74, 6) is 0.0165. The number of carbonyl (C=O) groups is 1. The van der Waals surface area contributed by atoms with E-state index in [1.807, 2.05) is 0 Å². The summed E-state index contributed by atoms with van der Waals surface area (Å²) in [4.78, 5) is 11.0. The van der Waals surface area contributed by atoms with E-state index in [1.165, 1.54) is 19.1 Å². The third-order valence-electron chi connectivity index (χ3n) is 2.32. The standard InChI is InChI=1S/C13H11FO2/c1-9(15)13-7-11(8-16-13)6-10-2-4-12(14)5-3-10/h2-5,7-8H,6H2,1H3. The molecule has 0 bridgehead atoms. The van der Waals surface area contributed by atoms with Crippen molar-refractivity contribution in [1.82, 2.24) is 0 Å². The van der Waals surface area contributed by atoms with E-state index in [4.69, 9.17) is 4.42 Å². The van der Waals surface area contributed by atoms with Crippen LogP contribution in [0.2, 0.25) is 0 Å². The minimum atomic E-state index is -0.250. The maximum Gasteiger partial charge on any atom is 0.194 e. The number of furan rings is 1. The van der Waals surface area contributed by atoms with Crippen molar-refractivity contribution >= 4 is 5.78 Å². The molecule has 3 heteroatoms. The molecule has 0 unspecified atom stereocenters. The zero-order valence-corrected chi connectivity index (χ0v) is 8.87. The van der Waals surface area contributed by atoms with E-state index in [0.717, 1.165) is 11.1 Å². The fraction of sp³-hybridized carbons (Fsp3) is 0.154. The Bertz CT molecular complexity index is 497. The van der Waals surface area contributed by atoms with Crippen molar-refractivity contribution in [2.75, 3.05) is 0 Å². The van der Waals surface area contributed by atoms with Gasteiger partial charge in [-0.25, -0.2) is 4.39 Å². The molecule has 0 fully saturated rings. The predicted octanol–water partition coefficient (Wildman–Crippen LogP) is 3.21. The first-order valence-electron chi connectivity index (χ1n) is 4.98. The Morgan fingerprint density at radius 1 is 1.25 bits per heavy atom. The highest BCUT2D eigenvalue weighted by molar-refractivity contribution is 5.91. The molecule has 0 saturated carbocycles. The third kappa shape index (κ3) is 2.37. The van der Waals surface area contributed by atoms with Gasteiger partial charge >= 0.3 is 0 Å². The largest absolute Gasteiger partial charge is 0.461 e. The van der Waals surface area contributed by atoms with Gasteiger partial charge in [0.05, 0.1) is 6.26 Å². The van der Waals surface area contributed by atoms with Gasteiger partial charge in [0.1, 0.15) is 5.82 Å². The first kappa shape index (κ1) is 10.6. The summed E-state index contributed by atoms with van der Waals surface area (Å²) in [5, 5.41) is 0. The molecule has 2 nitrogen and oxygen atoms in total. The zero-order valence-electron chi connectivity index (χ0n) is 8.87. The van der Waals surface area contributed by atoms with Crippen LogP contribution in [0.25, 0.3) is 0 Å². The van der Waals surface area contributed by atoms with Crippen LogP contribution in [-0.4, -0.2) is 5.78 Å². The highest BCUT2D eigenvalue weighted by atomic mass is 19.1. The molecule has 0 aliphatic rings. The normalized spacial score (nSPS) is 10.4. The number of benzene rings is 1. The summed E-state index contributed by atoms with van der Waals surface area (Å²) < 4.78 is 17.8.